The molecule has 0 atom stereocenters. The maximum atomic E-state index is 12.2. The third-order valence-corrected chi connectivity index (χ3v) is 5.82. The van der Waals surface area contributed by atoms with E-state index in [9.17, 15) is 9.59 Å². The molecule has 0 aliphatic heterocycles. The standard InChI is InChI=1S/C14H19NO3.C7H15N/c1-10-5-7-11(8-6-10)15-9-3-4-12(13(15)16)14(17)18-2;1-6-2-4-7(8)5-3-6/h3-4,9-11H,5-8H2,1-2H3;6-7H,2-5,8H2,1H3. The molecule has 146 valence electrons. The summed E-state index contributed by atoms with van der Waals surface area (Å²) in [6, 6.07) is 4.01. The van der Waals surface area contributed by atoms with Crippen molar-refractivity contribution in [3.63, 3.8) is 0 Å². The van der Waals surface area contributed by atoms with E-state index in [2.05, 4.69) is 18.6 Å². The van der Waals surface area contributed by atoms with Crippen LogP contribution in [0, 0.1) is 11.8 Å². The van der Waals surface area contributed by atoms with Crippen LogP contribution in [-0.4, -0.2) is 23.7 Å². The van der Waals surface area contributed by atoms with Crippen molar-refractivity contribution < 1.29 is 9.53 Å². The van der Waals surface area contributed by atoms with Gasteiger partial charge in [-0.2, -0.15) is 0 Å². The van der Waals surface area contributed by atoms with Crippen LogP contribution < -0.4 is 11.3 Å². The van der Waals surface area contributed by atoms with Crippen LogP contribution in [-0.2, 0) is 4.74 Å². The molecule has 2 aliphatic rings. The van der Waals surface area contributed by atoms with E-state index in [-0.39, 0.29) is 17.2 Å². The van der Waals surface area contributed by atoms with Gasteiger partial charge in [-0.15, -0.1) is 0 Å². The Balaban J connectivity index is 0.000000254. The van der Waals surface area contributed by atoms with Crippen molar-refractivity contribution in [1.82, 2.24) is 4.57 Å². The lowest BCUT2D eigenvalue weighted by atomic mass is 9.87. The van der Waals surface area contributed by atoms with Gasteiger partial charge in [-0.3, -0.25) is 4.79 Å². The van der Waals surface area contributed by atoms with Crippen molar-refractivity contribution in [3.8, 4) is 0 Å². The normalized spacial score (nSPS) is 28.6. The van der Waals surface area contributed by atoms with Crippen molar-refractivity contribution in [2.24, 2.45) is 17.6 Å². The monoisotopic (exact) mass is 362 g/mol. The van der Waals surface area contributed by atoms with Crippen LogP contribution in [0.4, 0.5) is 0 Å². The van der Waals surface area contributed by atoms with Gasteiger partial charge in [0.25, 0.3) is 5.56 Å². The van der Waals surface area contributed by atoms with Crippen molar-refractivity contribution in [1.29, 1.82) is 0 Å². The zero-order valence-electron chi connectivity index (χ0n) is 16.4. The number of hydrogen-bond donors (Lipinski definition) is 1. The Morgan fingerprint density at radius 1 is 1.04 bits per heavy atom. The number of pyridine rings is 1. The van der Waals surface area contributed by atoms with Crippen LogP contribution >= 0.6 is 0 Å². The van der Waals surface area contributed by atoms with Gasteiger partial charge in [-0.1, -0.05) is 13.8 Å². The number of nitrogens with zero attached hydrogens (tertiary/aromatic N) is 1. The highest BCUT2D eigenvalue weighted by Gasteiger charge is 2.22. The van der Waals surface area contributed by atoms with E-state index in [4.69, 9.17) is 5.73 Å². The Labute approximate surface area is 156 Å². The molecule has 1 aromatic heterocycles. The molecule has 26 heavy (non-hydrogen) atoms. The molecule has 0 unspecified atom stereocenters. The Morgan fingerprint density at radius 3 is 2.08 bits per heavy atom. The molecular weight excluding hydrogens is 328 g/mol. The van der Waals surface area contributed by atoms with E-state index >= 15 is 0 Å². The number of carbonyl (C=O) groups is 1. The third-order valence-electron chi connectivity index (χ3n) is 5.82. The van der Waals surface area contributed by atoms with Gasteiger partial charge in [-0.25, -0.2) is 4.79 Å². The molecule has 0 saturated heterocycles. The van der Waals surface area contributed by atoms with Gasteiger partial charge in [0.05, 0.1) is 7.11 Å². The highest BCUT2D eigenvalue weighted by Crippen LogP contribution is 2.30. The summed E-state index contributed by atoms with van der Waals surface area (Å²) < 4.78 is 6.32. The van der Waals surface area contributed by atoms with Gasteiger partial charge < -0.3 is 15.0 Å². The summed E-state index contributed by atoms with van der Waals surface area (Å²) in [6.45, 7) is 4.55. The molecule has 5 nitrogen and oxygen atoms in total. The summed E-state index contributed by atoms with van der Waals surface area (Å²) in [4.78, 5) is 23.7. The zero-order valence-corrected chi connectivity index (χ0v) is 16.4. The van der Waals surface area contributed by atoms with E-state index in [1.54, 1.807) is 16.8 Å². The van der Waals surface area contributed by atoms with E-state index in [1.807, 2.05) is 0 Å². The smallest absolute Gasteiger partial charge is 0.343 e. The fourth-order valence-corrected chi connectivity index (χ4v) is 3.87. The molecule has 1 aromatic rings. The van der Waals surface area contributed by atoms with Crippen molar-refractivity contribution in [3.05, 3.63) is 34.2 Å². The second kappa shape index (κ2) is 9.91. The SMILES string of the molecule is CC1CCC(N)CC1.COC(=O)c1cccn(C2CCC(C)CC2)c1=O. The molecule has 0 aromatic carbocycles. The van der Waals surface area contributed by atoms with E-state index in [1.165, 1.54) is 38.9 Å². The average Bonchev–Trinajstić information content (AvgIpc) is 2.65. The number of nitrogens with two attached hydrogens (primary N) is 1. The molecule has 5 heteroatoms. The first-order valence-corrected chi connectivity index (χ1v) is 9.97. The quantitative estimate of drug-likeness (QED) is 0.810. The van der Waals surface area contributed by atoms with Crippen molar-refractivity contribution in [2.45, 2.75) is 77.3 Å². The highest BCUT2D eigenvalue weighted by atomic mass is 16.5. The maximum Gasteiger partial charge on any atom is 0.343 e. The first-order chi connectivity index (χ1) is 12.4. The minimum atomic E-state index is -0.557. The molecule has 0 radical (unpaired) electrons. The first-order valence-electron chi connectivity index (χ1n) is 9.97. The van der Waals surface area contributed by atoms with Gasteiger partial charge >= 0.3 is 5.97 Å². The maximum absolute atomic E-state index is 12.2. The molecule has 3 rings (SSSR count). The molecule has 0 amide bonds. The van der Waals surface area contributed by atoms with Crippen molar-refractivity contribution >= 4 is 5.97 Å². The Hall–Kier alpha value is -1.62. The molecule has 1 heterocycles. The van der Waals surface area contributed by atoms with Crippen LogP contribution in [0.5, 0.6) is 0 Å². The predicted molar refractivity (Wildman–Crippen MR) is 104 cm³/mol. The van der Waals surface area contributed by atoms with E-state index in [0.29, 0.717) is 6.04 Å². The highest BCUT2D eigenvalue weighted by molar-refractivity contribution is 5.88. The number of rotatable bonds is 2. The molecule has 2 aliphatic carbocycles. The number of carbonyl (C=O) groups excluding carboxylic acids is 1. The summed E-state index contributed by atoms with van der Waals surface area (Å²) in [5, 5.41) is 0. The molecule has 2 saturated carbocycles. The molecule has 2 N–H and O–H groups in total. The van der Waals surface area contributed by atoms with Crippen LogP contribution in [0.2, 0.25) is 0 Å². The van der Waals surface area contributed by atoms with Crippen LogP contribution in [0.3, 0.4) is 0 Å². The summed E-state index contributed by atoms with van der Waals surface area (Å²) in [7, 11) is 1.29. The molecule has 0 bridgehead atoms. The van der Waals surface area contributed by atoms with E-state index in [0.717, 1.165) is 37.5 Å². The Kier molecular flexibility index (Phi) is 7.88. The molecule has 2 fully saturated rings. The number of ether oxygens (including phenoxy) is 1. The second-order valence-corrected chi connectivity index (χ2v) is 8.06. The predicted octanol–water partition coefficient (Wildman–Crippen LogP) is 3.91. The van der Waals surface area contributed by atoms with Crippen molar-refractivity contribution in [2.75, 3.05) is 7.11 Å². The lowest BCUT2D eigenvalue weighted by Crippen LogP contribution is -2.31. The lowest BCUT2D eigenvalue weighted by Gasteiger charge is -2.27. The van der Waals surface area contributed by atoms with Gasteiger partial charge in [0, 0.05) is 18.3 Å². The van der Waals surface area contributed by atoms with Gasteiger partial charge in [-0.05, 0) is 75.3 Å². The lowest BCUT2D eigenvalue weighted by molar-refractivity contribution is 0.0597. The van der Waals surface area contributed by atoms with Gasteiger partial charge in [0.15, 0.2) is 0 Å². The van der Waals surface area contributed by atoms with Gasteiger partial charge in [0.1, 0.15) is 5.56 Å². The summed E-state index contributed by atoms with van der Waals surface area (Å²) in [5.41, 5.74) is 5.59. The zero-order chi connectivity index (χ0) is 19.1. The number of methoxy groups -OCH3 is 1. The number of hydrogen-bond acceptors (Lipinski definition) is 4. The fraction of sp³-hybridized carbons (Fsp3) is 0.714. The second-order valence-electron chi connectivity index (χ2n) is 8.06. The summed E-state index contributed by atoms with van der Waals surface area (Å²) >= 11 is 0. The van der Waals surface area contributed by atoms with Crippen LogP contribution in [0.25, 0.3) is 0 Å². The molecular formula is C21H34N2O3. The Morgan fingerprint density at radius 2 is 1.58 bits per heavy atom. The summed E-state index contributed by atoms with van der Waals surface area (Å²) in [6.07, 6.45) is 11.3. The van der Waals surface area contributed by atoms with Crippen LogP contribution in [0.1, 0.15) is 81.6 Å². The third kappa shape index (κ3) is 5.70. The first kappa shape index (κ1) is 20.7. The fourth-order valence-electron chi connectivity index (χ4n) is 3.87. The number of aromatic nitrogens is 1. The summed E-state index contributed by atoms with van der Waals surface area (Å²) in [5.74, 6) is 1.12. The largest absolute Gasteiger partial charge is 0.465 e. The van der Waals surface area contributed by atoms with Gasteiger partial charge in [0.2, 0.25) is 0 Å². The number of esters is 1. The topological polar surface area (TPSA) is 74.3 Å². The van der Waals surface area contributed by atoms with Crippen LogP contribution in [0.15, 0.2) is 23.1 Å². The minimum Gasteiger partial charge on any atom is -0.465 e. The average molecular weight is 363 g/mol. The Bertz CT molecular complexity index is 614. The molecule has 0 spiro atoms. The minimum absolute atomic E-state index is 0.124. The van der Waals surface area contributed by atoms with E-state index < -0.39 is 5.97 Å².